The molecule has 4 heteroatoms. The van der Waals surface area contributed by atoms with Crippen LogP contribution in [0.1, 0.15) is 22.5 Å². The summed E-state index contributed by atoms with van der Waals surface area (Å²) in [5.41, 5.74) is 4.81. The van der Waals surface area contributed by atoms with Crippen LogP contribution in [0.15, 0.2) is 60.7 Å². The summed E-state index contributed by atoms with van der Waals surface area (Å²) in [5.74, 6) is -0.0216. The lowest BCUT2D eigenvalue weighted by Gasteiger charge is -2.07. The molecule has 2 aromatic carbocycles. The molecule has 0 spiro atoms. The summed E-state index contributed by atoms with van der Waals surface area (Å²) in [6.45, 7) is 4.61. The third-order valence-corrected chi connectivity index (χ3v) is 4.03. The van der Waals surface area contributed by atoms with E-state index in [0.29, 0.717) is 13.0 Å². The van der Waals surface area contributed by atoms with E-state index < -0.39 is 0 Å². The van der Waals surface area contributed by atoms with Gasteiger partial charge in [-0.25, -0.2) is 0 Å². The molecule has 0 saturated heterocycles. The first-order valence-corrected chi connectivity index (χ1v) is 8.05. The molecule has 1 heterocycles. The number of hydrogen-bond acceptors (Lipinski definition) is 2. The minimum Gasteiger partial charge on any atom is -0.323 e. The summed E-state index contributed by atoms with van der Waals surface area (Å²) >= 11 is 0. The minimum atomic E-state index is -0.0216. The standard InChI is InChI=1S/C20H21N3O/c1-15-20(21-19(24)13-17-9-5-3-6-10-17)16(2)23(22-15)14-18-11-7-4-8-12-18/h3-12H,13-14H2,1-2H3,(H,21,24). The van der Waals surface area contributed by atoms with Crippen LogP contribution in [-0.4, -0.2) is 15.7 Å². The Morgan fingerprint density at radius 3 is 2.17 bits per heavy atom. The van der Waals surface area contributed by atoms with Crippen molar-refractivity contribution in [1.29, 1.82) is 0 Å². The average molecular weight is 319 g/mol. The van der Waals surface area contributed by atoms with E-state index in [-0.39, 0.29) is 5.91 Å². The van der Waals surface area contributed by atoms with E-state index in [4.69, 9.17) is 0 Å². The van der Waals surface area contributed by atoms with Gasteiger partial charge in [-0.2, -0.15) is 5.10 Å². The first-order valence-electron chi connectivity index (χ1n) is 8.05. The van der Waals surface area contributed by atoms with Crippen LogP contribution in [-0.2, 0) is 17.8 Å². The Morgan fingerprint density at radius 1 is 0.958 bits per heavy atom. The van der Waals surface area contributed by atoms with E-state index in [1.54, 1.807) is 0 Å². The van der Waals surface area contributed by atoms with Crippen LogP contribution in [0.2, 0.25) is 0 Å². The highest BCUT2D eigenvalue weighted by Crippen LogP contribution is 2.20. The predicted octanol–water partition coefficient (Wildman–Crippen LogP) is 3.73. The molecule has 122 valence electrons. The molecule has 1 aromatic heterocycles. The van der Waals surface area contributed by atoms with Gasteiger partial charge < -0.3 is 5.32 Å². The average Bonchev–Trinajstić information content (AvgIpc) is 2.84. The zero-order valence-electron chi connectivity index (χ0n) is 14.0. The number of amides is 1. The molecular weight excluding hydrogens is 298 g/mol. The van der Waals surface area contributed by atoms with Crippen molar-refractivity contribution in [3.8, 4) is 0 Å². The Kier molecular flexibility index (Phi) is 4.75. The Balaban J connectivity index is 1.73. The topological polar surface area (TPSA) is 46.9 Å². The van der Waals surface area contributed by atoms with Gasteiger partial charge in [0.25, 0.3) is 0 Å². The van der Waals surface area contributed by atoms with E-state index in [9.17, 15) is 4.79 Å². The van der Waals surface area contributed by atoms with Gasteiger partial charge in [0.05, 0.1) is 30.0 Å². The van der Waals surface area contributed by atoms with Crippen LogP contribution in [0.4, 0.5) is 5.69 Å². The second-order valence-corrected chi connectivity index (χ2v) is 5.90. The maximum atomic E-state index is 12.3. The van der Waals surface area contributed by atoms with Gasteiger partial charge in [-0.3, -0.25) is 9.48 Å². The number of anilines is 1. The van der Waals surface area contributed by atoms with Crippen LogP contribution in [0.5, 0.6) is 0 Å². The first-order chi connectivity index (χ1) is 11.6. The molecule has 0 aliphatic carbocycles. The van der Waals surface area contributed by atoms with E-state index in [2.05, 4.69) is 22.5 Å². The molecule has 0 bridgehead atoms. The van der Waals surface area contributed by atoms with Crippen LogP contribution < -0.4 is 5.32 Å². The number of aromatic nitrogens is 2. The summed E-state index contributed by atoms with van der Waals surface area (Å²) in [6, 6.07) is 19.9. The number of carbonyl (C=O) groups is 1. The lowest BCUT2D eigenvalue weighted by atomic mass is 10.1. The molecule has 1 amide bonds. The molecule has 0 unspecified atom stereocenters. The van der Waals surface area contributed by atoms with Crippen molar-refractivity contribution in [3.05, 3.63) is 83.2 Å². The molecule has 0 saturated carbocycles. The number of nitrogens with one attached hydrogen (secondary N) is 1. The highest BCUT2D eigenvalue weighted by molar-refractivity contribution is 5.93. The van der Waals surface area contributed by atoms with Crippen molar-refractivity contribution in [1.82, 2.24) is 9.78 Å². The zero-order chi connectivity index (χ0) is 16.9. The van der Waals surface area contributed by atoms with E-state index >= 15 is 0 Å². The second-order valence-electron chi connectivity index (χ2n) is 5.90. The monoisotopic (exact) mass is 319 g/mol. The number of nitrogens with zero attached hydrogens (tertiary/aromatic N) is 2. The summed E-state index contributed by atoms with van der Waals surface area (Å²) in [7, 11) is 0. The maximum absolute atomic E-state index is 12.3. The smallest absolute Gasteiger partial charge is 0.228 e. The molecule has 0 fully saturated rings. The Hall–Kier alpha value is -2.88. The first kappa shape index (κ1) is 16.0. The Morgan fingerprint density at radius 2 is 1.54 bits per heavy atom. The van der Waals surface area contributed by atoms with E-state index in [1.807, 2.05) is 67.1 Å². The van der Waals surface area contributed by atoms with Crippen molar-refractivity contribution in [2.24, 2.45) is 0 Å². The van der Waals surface area contributed by atoms with Crippen molar-refractivity contribution in [2.45, 2.75) is 26.8 Å². The third-order valence-electron chi connectivity index (χ3n) is 4.03. The molecule has 3 rings (SSSR count). The van der Waals surface area contributed by atoms with Crippen molar-refractivity contribution in [2.75, 3.05) is 5.32 Å². The fraction of sp³-hybridized carbons (Fsp3) is 0.200. The van der Waals surface area contributed by atoms with E-state index in [1.165, 1.54) is 5.56 Å². The van der Waals surface area contributed by atoms with Crippen molar-refractivity contribution in [3.63, 3.8) is 0 Å². The summed E-state index contributed by atoms with van der Waals surface area (Å²) in [4.78, 5) is 12.3. The zero-order valence-corrected chi connectivity index (χ0v) is 14.0. The van der Waals surface area contributed by atoms with Gasteiger partial charge >= 0.3 is 0 Å². The van der Waals surface area contributed by atoms with Gasteiger partial charge in [-0.15, -0.1) is 0 Å². The van der Waals surface area contributed by atoms with Gasteiger partial charge in [0.15, 0.2) is 0 Å². The largest absolute Gasteiger partial charge is 0.323 e. The summed E-state index contributed by atoms with van der Waals surface area (Å²) < 4.78 is 1.93. The normalized spacial score (nSPS) is 10.6. The fourth-order valence-corrected chi connectivity index (χ4v) is 2.75. The second kappa shape index (κ2) is 7.13. The van der Waals surface area contributed by atoms with Gasteiger partial charge in [-0.05, 0) is 25.0 Å². The number of hydrogen-bond donors (Lipinski definition) is 1. The highest BCUT2D eigenvalue weighted by Gasteiger charge is 2.14. The van der Waals surface area contributed by atoms with Crippen LogP contribution >= 0.6 is 0 Å². The lowest BCUT2D eigenvalue weighted by Crippen LogP contribution is -2.15. The molecule has 3 aromatic rings. The molecule has 0 aliphatic heterocycles. The molecule has 0 radical (unpaired) electrons. The maximum Gasteiger partial charge on any atom is 0.228 e. The Bertz CT molecular complexity index is 823. The summed E-state index contributed by atoms with van der Waals surface area (Å²) in [6.07, 6.45) is 0.365. The van der Waals surface area contributed by atoms with Crippen molar-refractivity contribution < 1.29 is 4.79 Å². The van der Waals surface area contributed by atoms with Crippen LogP contribution in [0.3, 0.4) is 0 Å². The number of rotatable bonds is 5. The molecule has 24 heavy (non-hydrogen) atoms. The SMILES string of the molecule is Cc1nn(Cc2ccccc2)c(C)c1NC(=O)Cc1ccccc1. The van der Waals surface area contributed by atoms with Crippen molar-refractivity contribution >= 4 is 11.6 Å². The lowest BCUT2D eigenvalue weighted by molar-refractivity contribution is -0.115. The highest BCUT2D eigenvalue weighted by atomic mass is 16.1. The molecular formula is C20H21N3O. The predicted molar refractivity (Wildman–Crippen MR) is 96.0 cm³/mol. The van der Waals surface area contributed by atoms with Crippen LogP contribution in [0.25, 0.3) is 0 Å². The van der Waals surface area contributed by atoms with Gasteiger partial charge in [0.2, 0.25) is 5.91 Å². The number of aryl methyl sites for hydroxylation is 1. The molecule has 0 aliphatic rings. The summed E-state index contributed by atoms with van der Waals surface area (Å²) in [5, 5.41) is 7.58. The molecule has 4 nitrogen and oxygen atoms in total. The van der Waals surface area contributed by atoms with Crippen LogP contribution in [0, 0.1) is 13.8 Å². The molecule has 1 N–H and O–H groups in total. The fourth-order valence-electron chi connectivity index (χ4n) is 2.75. The van der Waals surface area contributed by atoms with Gasteiger partial charge in [0, 0.05) is 0 Å². The van der Waals surface area contributed by atoms with Gasteiger partial charge in [-0.1, -0.05) is 60.7 Å². The number of benzene rings is 2. The van der Waals surface area contributed by atoms with Gasteiger partial charge in [0.1, 0.15) is 0 Å². The minimum absolute atomic E-state index is 0.0216. The number of carbonyl (C=O) groups excluding carboxylic acids is 1. The quantitative estimate of drug-likeness (QED) is 0.779. The molecule has 0 atom stereocenters. The Labute approximate surface area is 142 Å². The third kappa shape index (κ3) is 3.71. The van der Waals surface area contributed by atoms with E-state index in [0.717, 1.165) is 22.6 Å².